The third-order valence-electron chi connectivity index (χ3n) is 7.76. The zero-order valence-electron chi connectivity index (χ0n) is 27.4. The number of para-hydroxylation sites is 1. The van der Waals surface area contributed by atoms with E-state index in [9.17, 15) is 18.3 Å². The van der Waals surface area contributed by atoms with Gasteiger partial charge in [-0.3, -0.25) is 9.48 Å². The molecular formula is C36H46N4O5S. The lowest BCUT2D eigenvalue weighted by Crippen LogP contribution is -2.52. The van der Waals surface area contributed by atoms with Crippen molar-refractivity contribution >= 4 is 15.9 Å². The Kier molecular flexibility index (Phi) is 12.1. The number of amides is 1. The van der Waals surface area contributed by atoms with Crippen LogP contribution in [0.25, 0.3) is 11.3 Å². The SMILES string of the molecule is CCCn1nccc1-c1ccc(S(=O)(=O)N(CC(C)C)C[C@@H](O)[C@H](Cc2ccccc2)NC(=O)COc2c(C)cccc2C)cc1. The Bertz CT molecular complexity index is 1650. The summed E-state index contributed by atoms with van der Waals surface area (Å²) in [6.07, 6.45) is 1.79. The molecule has 0 aliphatic carbocycles. The van der Waals surface area contributed by atoms with Crippen LogP contribution in [0.15, 0.2) is 90.0 Å². The first-order valence-electron chi connectivity index (χ1n) is 15.8. The smallest absolute Gasteiger partial charge is 0.258 e. The first kappa shape index (κ1) is 34.9. The molecule has 2 atom stereocenters. The van der Waals surface area contributed by atoms with E-state index in [4.69, 9.17) is 4.74 Å². The van der Waals surface area contributed by atoms with Crippen LogP contribution >= 0.6 is 0 Å². The second-order valence-electron chi connectivity index (χ2n) is 12.1. The predicted molar refractivity (Wildman–Crippen MR) is 181 cm³/mol. The maximum Gasteiger partial charge on any atom is 0.258 e. The molecule has 0 bridgehead atoms. The summed E-state index contributed by atoms with van der Waals surface area (Å²) in [5.74, 6) is 0.240. The van der Waals surface area contributed by atoms with E-state index in [2.05, 4.69) is 17.3 Å². The van der Waals surface area contributed by atoms with Gasteiger partial charge in [-0.15, -0.1) is 0 Å². The minimum absolute atomic E-state index is 0.00226. The van der Waals surface area contributed by atoms with Crippen molar-refractivity contribution in [2.75, 3.05) is 19.7 Å². The van der Waals surface area contributed by atoms with Gasteiger partial charge in [0.2, 0.25) is 10.0 Å². The van der Waals surface area contributed by atoms with Crippen molar-refractivity contribution in [3.05, 3.63) is 102 Å². The van der Waals surface area contributed by atoms with Crippen molar-refractivity contribution in [1.82, 2.24) is 19.4 Å². The topological polar surface area (TPSA) is 114 Å². The van der Waals surface area contributed by atoms with E-state index in [1.54, 1.807) is 30.5 Å². The quantitative estimate of drug-likeness (QED) is 0.169. The number of benzene rings is 3. The van der Waals surface area contributed by atoms with Gasteiger partial charge in [0.25, 0.3) is 5.91 Å². The van der Waals surface area contributed by atoms with Crippen molar-refractivity contribution in [2.45, 2.75) is 71.0 Å². The number of aliphatic hydroxyl groups excluding tert-OH is 1. The summed E-state index contributed by atoms with van der Waals surface area (Å²) < 4.78 is 37.0. The second-order valence-corrected chi connectivity index (χ2v) is 14.1. The third kappa shape index (κ3) is 9.05. The number of nitrogens with zero attached hydrogens (tertiary/aromatic N) is 3. The molecule has 10 heteroatoms. The highest BCUT2D eigenvalue weighted by Crippen LogP contribution is 2.25. The maximum absolute atomic E-state index is 14.0. The van der Waals surface area contributed by atoms with Gasteiger partial charge in [-0.1, -0.05) is 81.4 Å². The Hall–Kier alpha value is -3.99. The van der Waals surface area contributed by atoms with Crippen LogP contribution in [0.3, 0.4) is 0 Å². The first-order chi connectivity index (χ1) is 22.0. The highest BCUT2D eigenvalue weighted by atomic mass is 32.2. The van der Waals surface area contributed by atoms with E-state index in [0.717, 1.165) is 40.9 Å². The largest absolute Gasteiger partial charge is 0.483 e. The van der Waals surface area contributed by atoms with E-state index >= 15 is 0 Å². The molecule has 4 aromatic rings. The predicted octanol–water partition coefficient (Wildman–Crippen LogP) is 5.39. The molecule has 0 aliphatic heterocycles. The molecule has 246 valence electrons. The van der Waals surface area contributed by atoms with Crippen LogP contribution in [0.5, 0.6) is 5.75 Å². The van der Waals surface area contributed by atoms with E-state index in [0.29, 0.717) is 12.2 Å². The Morgan fingerprint density at radius 2 is 1.63 bits per heavy atom. The number of nitrogens with one attached hydrogen (secondary N) is 1. The number of rotatable bonds is 16. The average Bonchev–Trinajstić information content (AvgIpc) is 3.49. The lowest BCUT2D eigenvalue weighted by molar-refractivity contribution is -0.124. The molecule has 4 rings (SSSR count). The molecule has 0 saturated carbocycles. The van der Waals surface area contributed by atoms with Crippen LogP contribution in [0.4, 0.5) is 0 Å². The van der Waals surface area contributed by atoms with Gasteiger partial charge in [-0.25, -0.2) is 8.42 Å². The summed E-state index contributed by atoms with van der Waals surface area (Å²) in [4.78, 5) is 13.3. The van der Waals surface area contributed by atoms with Gasteiger partial charge >= 0.3 is 0 Å². The second kappa shape index (κ2) is 16.0. The Labute approximate surface area is 273 Å². The van der Waals surface area contributed by atoms with E-state index in [1.807, 2.05) is 87.0 Å². The normalized spacial score (nSPS) is 13.1. The number of aryl methyl sites for hydroxylation is 3. The van der Waals surface area contributed by atoms with Gasteiger partial charge in [0.1, 0.15) is 5.75 Å². The van der Waals surface area contributed by atoms with Crippen molar-refractivity contribution < 1.29 is 23.1 Å². The molecule has 9 nitrogen and oxygen atoms in total. The highest BCUT2D eigenvalue weighted by molar-refractivity contribution is 7.89. The van der Waals surface area contributed by atoms with Crippen molar-refractivity contribution in [3.63, 3.8) is 0 Å². The molecule has 3 aromatic carbocycles. The summed E-state index contributed by atoms with van der Waals surface area (Å²) >= 11 is 0. The van der Waals surface area contributed by atoms with Crippen LogP contribution in [0, 0.1) is 19.8 Å². The fourth-order valence-electron chi connectivity index (χ4n) is 5.49. The number of carbonyl (C=O) groups is 1. The summed E-state index contributed by atoms with van der Waals surface area (Å²) in [6, 6.07) is 23.2. The molecule has 0 aliphatic rings. The van der Waals surface area contributed by atoms with Crippen molar-refractivity contribution in [2.24, 2.45) is 5.92 Å². The fourth-order valence-corrected chi connectivity index (χ4v) is 7.11. The van der Waals surface area contributed by atoms with Crippen molar-refractivity contribution in [3.8, 4) is 17.0 Å². The molecule has 46 heavy (non-hydrogen) atoms. The van der Waals surface area contributed by atoms with Gasteiger partial charge in [0.15, 0.2) is 6.61 Å². The lowest BCUT2D eigenvalue weighted by Gasteiger charge is -2.31. The van der Waals surface area contributed by atoms with Gasteiger partial charge in [-0.05, 0) is 73.1 Å². The van der Waals surface area contributed by atoms with Gasteiger partial charge in [0, 0.05) is 25.8 Å². The van der Waals surface area contributed by atoms with Gasteiger partial charge < -0.3 is 15.2 Å². The Morgan fingerprint density at radius 1 is 0.957 bits per heavy atom. The first-order valence-corrected chi connectivity index (χ1v) is 17.3. The number of aromatic nitrogens is 2. The average molecular weight is 647 g/mol. The van der Waals surface area contributed by atoms with Crippen LogP contribution in [0.1, 0.15) is 43.9 Å². The molecule has 2 N–H and O–H groups in total. The van der Waals surface area contributed by atoms with Gasteiger partial charge in [0.05, 0.1) is 22.7 Å². The zero-order chi connectivity index (χ0) is 33.3. The molecule has 0 unspecified atom stereocenters. The summed E-state index contributed by atoms with van der Waals surface area (Å²) in [6.45, 7) is 10.3. The van der Waals surface area contributed by atoms with E-state index in [-0.39, 0.29) is 30.5 Å². The summed E-state index contributed by atoms with van der Waals surface area (Å²) in [5, 5.41) is 18.9. The number of sulfonamides is 1. The molecule has 1 amide bonds. The molecule has 0 fully saturated rings. The monoisotopic (exact) mass is 646 g/mol. The number of carbonyl (C=O) groups excluding carboxylic acids is 1. The highest BCUT2D eigenvalue weighted by Gasteiger charge is 2.31. The third-order valence-corrected chi connectivity index (χ3v) is 9.61. The Balaban J connectivity index is 1.54. The summed E-state index contributed by atoms with van der Waals surface area (Å²) in [5.41, 5.74) is 4.53. The van der Waals surface area contributed by atoms with Crippen LogP contribution in [0.2, 0.25) is 0 Å². The standard InChI is InChI=1S/C36H46N4O5S/c1-6-21-40-33(19-20-37-40)30-15-17-31(18-16-30)46(43,44)39(23-26(2)3)24-34(41)32(22-29-13-8-7-9-14-29)38-35(42)25-45-36-27(4)11-10-12-28(36)5/h7-20,26,32,34,41H,6,21-25H2,1-5H3,(H,38,42)/t32-,34+/m0/s1. The number of aliphatic hydroxyl groups is 1. The number of hydrogen-bond acceptors (Lipinski definition) is 6. The van der Waals surface area contributed by atoms with Crippen LogP contribution in [-0.2, 0) is 27.8 Å². The molecular weight excluding hydrogens is 600 g/mol. The number of ether oxygens (including phenoxy) is 1. The van der Waals surface area contributed by atoms with E-state index < -0.39 is 28.1 Å². The van der Waals surface area contributed by atoms with Crippen LogP contribution in [-0.4, -0.2) is 65.4 Å². The Morgan fingerprint density at radius 3 is 2.26 bits per heavy atom. The minimum Gasteiger partial charge on any atom is -0.483 e. The maximum atomic E-state index is 14.0. The van der Waals surface area contributed by atoms with Gasteiger partial charge in [-0.2, -0.15) is 9.40 Å². The zero-order valence-corrected chi connectivity index (χ0v) is 28.2. The molecule has 0 saturated heterocycles. The molecule has 0 radical (unpaired) electrons. The molecule has 1 aromatic heterocycles. The fraction of sp³-hybridized carbons (Fsp3) is 0.389. The number of hydrogen-bond donors (Lipinski definition) is 2. The molecule has 1 heterocycles. The van der Waals surface area contributed by atoms with Crippen molar-refractivity contribution in [1.29, 1.82) is 0 Å². The van der Waals surface area contributed by atoms with Crippen LogP contribution < -0.4 is 10.1 Å². The van der Waals surface area contributed by atoms with E-state index in [1.165, 1.54) is 4.31 Å². The molecule has 0 spiro atoms. The lowest BCUT2D eigenvalue weighted by atomic mass is 10.0. The minimum atomic E-state index is -3.97. The summed E-state index contributed by atoms with van der Waals surface area (Å²) in [7, 11) is -3.97.